The summed E-state index contributed by atoms with van der Waals surface area (Å²) in [5.74, 6) is 0.660. The average Bonchev–Trinajstić information content (AvgIpc) is 3.42. The van der Waals surface area contributed by atoms with Crippen LogP contribution in [-0.2, 0) is 24.7 Å². The smallest absolute Gasteiger partial charge is 0.251 e. The van der Waals surface area contributed by atoms with E-state index in [4.69, 9.17) is 23.2 Å². The highest BCUT2D eigenvalue weighted by Crippen LogP contribution is 2.44. The highest BCUT2D eigenvalue weighted by Gasteiger charge is 2.32. The zero-order chi connectivity index (χ0) is 28.5. The van der Waals surface area contributed by atoms with Crippen molar-refractivity contribution < 1.29 is 9.59 Å². The van der Waals surface area contributed by atoms with E-state index in [0.717, 1.165) is 24.8 Å². The number of aromatic nitrogens is 3. The van der Waals surface area contributed by atoms with Crippen LogP contribution in [0.1, 0.15) is 72.3 Å². The monoisotopic (exact) mass is 604 g/mol. The van der Waals surface area contributed by atoms with Gasteiger partial charge in [0.2, 0.25) is 5.91 Å². The van der Waals surface area contributed by atoms with Crippen molar-refractivity contribution in [2.24, 2.45) is 18.4 Å². The van der Waals surface area contributed by atoms with Crippen LogP contribution in [-0.4, -0.2) is 32.3 Å². The summed E-state index contributed by atoms with van der Waals surface area (Å²) >= 11 is 14.7. The van der Waals surface area contributed by atoms with Gasteiger partial charge in [-0.15, -0.1) is 21.5 Å². The Morgan fingerprint density at radius 2 is 2.03 bits per heavy atom. The number of nitrogens with zero attached hydrogens (tertiary/aromatic N) is 4. The van der Waals surface area contributed by atoms with Gasteiger partial charge in [-0.1, -0.05) is 55.7 Å². The van der Waals surface area contributed by atoms with Crippen LogP contribution in [0.5, 0.6) is 0 Å². The van der Waals surface area contributed by atoms with Gasteiger partial charge in [0.05, 0.1) is 27.4 Å². The minimum Gasteiger partial charge on any atom is -0.342 e. The molecule has 0 radical (unpaired) electrons. The van der Waals surface area contributed by atoms with Gasteiger partial charge < -0.3 is 15.2 Å². The van der Waals surface area contributed by atoms with Gasteiger partial charge in [0.25, 0.3) is 5.91 Å². The molecule has 0 fully saturated rings. The number of thioether (sulfide) groups is 1. The summed E-state index contributed by atoms with van der Waals surface area (Å²) < 4.78 is 1.74. The van der Waals surface area contributed by atoms with Crippen molar-refractivity contribution >= 4 is 63.1 Å². The maximum absolute atomic E-state index is 12.8. The van der Waals surface area contributed by atoms with Crippen molar-refractivity contribution in [1.82, 2.24) is 20.1 Å². The van der Waals surface area contributed by atoms with Crippen molar-refractivity contribution in [3.63, 3.8) is 0 Å². The first-order valence-electron chi connectivity index (χ1n) is 12.5. The number of nitrogens with one attached hydrogen (secondary N) is 2. The fraction of sp³-hybridized carbons (Fsp3) is 0.444. The quantitative estimate of drug-likeness (QED) is 0.300. The number of hydrogen-bond acceptors (Lipinski definition) is 7. The molecule has 2 amide bonds. The molecule has 0 aliphatic heterocycles. The topological polar surface area (TPSA) is 113 Å². The lowest BCUT2D eigenvalue weighted by atomic mass is 9.72. The van der Waals surface area contributed by atoms with Crippen molar-refractivity contribution in [3.8, 4) is 6.07 Å². The number of nitriles is 1. The van der Waals surface area contributed by atoms with E-state index >= 15 is 0 Å². The Labute approximate surface area is 246 Å². The van der Waals surface area contributed by atoms with Crippen LogP contribution >= 0.6 is 46.3 Å². The molecule has 0 unspecified atom stereocenters. The van der Waals surface area contributed by atoms with Gasteiger partial charge in [-0.2, -0.15) is 5.26 Å². The molecule has 206 valence electrons. The number of rotatable bonds is 7. The van der Waals surface area contributed by atoms with E-state index in [9.17, 15) is 14.9 Å². The molecule has 2 aromatic heterocycles. The van der Waals surface area contributed by atoms with E-state index in [1.54, 1.807) is 30.7 Å². The summed E-state index contributed by atoms with van der Waals surface area (Å²) in [7, 11) is 1.78. The number of carbonyl (C=O) groups is 2. The third-order valence-electron chi connectivity index (χ3n) is 6.97. The molecule has 39 heavy (non-hydrogen) atoms. The molecular weight excluding hydrogens is 575 g/mol. The predicted octanol–water partition coefficient (Wildman–Crippen LogP) is 6.43. The molecule has 0 bridgehead atoms. The molecule has 8 nitrogen and oxygen atoms in total. The summed E-state index contributed by atoms with van der Waals surface area (Å²) in [6.07, 6.45) is 2.85. The van der Waals surface area contributed by atoms with E-state index in [2.05, 4.69) is 47.7 Å². The van der Waals surface area contributed by atoms with Crippen molar-refractivity contribution in [2.45, 2.75) is 58.2 Å². The third-order valence-corrected chi connectivity index (χ3v) is 9.90. The molecule has 4 rings (SSSR count). The van der Waals surface area contributed by atoms with Gasteiger partial charge in [-0.25, -0.2) is 0 Å². The minimum atomic E-state index is -0.444. The summed E-state index contributed by atoms with van der Waals surface area (Å²) in [6.45, 7) is 8.56. The van der Waals surface area contributed by atoms with E-state index in [-0.39, 0.29) is 23.0 Å². The van der Waals surface area contributed by atoms with Crippen LogP contribution in [0.3, 0.4) is 0 Å². The van der Waals surface area contributed by atoms with Crippen LogP contribution in [0, 0.1) is 22.7 Å². The van der Waals surface area contributed by atoms with Crippen molar-refractivity contribution in [2.75, 3.05) is 11.1 Å². The maximum Gasteiger partial charge on any atom is 0.251 e. The molecule has 12 heteroatoms. The lowest BCUT2D eigenvalue weighted by Crippen LogP contribution is -2.28. The summed E-state index contributed by atoms with van der Waals surface area (Å²) in [5.41, 5.74) is 2.26. The first-order chi connectivity index (χ1) is 18.4. The Hall–Kier alpha value is -2.58. The summed E-state index contributed by atoms with van der Waals surface area (Å²) in [5, 5.41) is 25.9. The minimum absolute atomic E-state index is 0.105. The summed E-state index contributed by atoms with van der Waals surface area (Å²) in [6, 6.07) is 6.53. The van der Waals surface area contributed by atoms with Crippen molar-refractivity contribution in [1.29, 1.82) is 5.26 Å². The van der Waals surface area contributed by atoms with Crippen LogP contribution in [0.15, 0.2) is 23.4 Å². The number of anilines is 1. The Balaban J connectivity index is 1.37. The Bertz CT molecular complexity index is 1450. The second kappa shape index (κ2) is 11.9. The molecule has 0 saturated heterocycles. The van der Waals surface area contributed by atoms with Crippen LogP contribution < -0.4 is 10.6 Å². The molecule has 2 N–H and O–H groups in total. The standard InChI is InChI=1S/C27H30Cl2N6O2S2/c1-14(31-24(37)15-6-9-19(28)20(29)10-15)23-33-34-26(35(23)5)38-13-22(36)32-25-18(12-30)17-8-7-16(27(2,3)4)11-21(17)39-25/h6,9-10,14,16H,7-8,11,13H2,1-5H3,(H,31,37)(H,32,36)/t14-,16-/m0/s1. The molecule has 3 aromatic rings. The fourth-order valence-electron chi connectivity index (χ4n) is 4.64. The number of carbonyl (C=O) groups excluding carboxylic acids is 2. The number of hydrogen-bond donors (Lipinski definition) is 2. The van der Waals surface area contributed by atoms with Gasteiger partial charge in [0.1, 0.15) is 11.1 Å². The van der Waals surface area contributed by atoms with E-state index in [1.807, 2.05) is 0 Å². The largest absolute Gasteiger partial charge is 0.342 e. The zero-order valence-electron chi connectivity index (χ0n) is 22.4. The molecule has 1 aliphatic carbocycles. The molecule has 1 aliphatic rings. The predicted molar refractivity (Wildman–Crippen MR) is 157 cm³/mol. The number of halogens is 2. The number of benzene rings is 1. The Morgan fingerprint density at radius 3 is 2.69 bits per heavy atom. The average molecular weight is 606 g/mol. The highest BCUT2D eigenvalue weighted by atomic mass is 35.5. The highest BCUT2D eigenvalue weighted by molar-refractivity contribution is 7.99. The molecule has 2 heterocycles. The lowest BCUT2D eigenvalue weighted by molar-refractivity contribution is -0.113. The van der Waals surface area contributed by atoms with E-state index < -0.39 is 6.04 Å². The Morgan fingerprint density at radius 1 is 1.28 bits per heavy atom. The van der Waals surface area contributed by atoms with Gasteiger partial charge >= 0.3 is 0 Å². The lowest BCUT2D eigenvalue weighted by Gasteiger charge is -2.33. The second-order valence-electron chi connectivity index (χ2n) is 10.7. The van der Waals surface area contributed by atoms with Gasteiger partial charge in [0, 0.05) is 17.5 Å². The van der Waals surface area contributed by atoms with Crippen LogP contribution in [0.4, 0.5) is 5.00 Å². The molecule has 2 atom stereocenters. The molecule has 0 saturated carbocycles. The van der Waals surface area contributed by atoms with Gasteiger partial charge in [0.15, 0.2) is 11.0 Å². The third kappa shape index (κ3) is 6.60. The van der Waals surface area contributed by atoms with Crippen LogP contribution in [0.2, 0.25) is 10.0 Å². The first kappa shape index (κ1) is 29.4. The summed E-state index contributed by atoms with van der Waals surface area (Å²) in [4.78, 5) is 26.7. The maximum atomic E-state index is 12.8. The zero-order valence-corrected chi connectivity index (χ0v) is 25.5. The number of amides is 2. The van der Waals surface area contributed by atoms with E-state index in [0.29, 0.717) is 43.1 Å². The second-order valence-corrected chi connectivity index (χ2v) is 13.5. The normalized spacial score (nSPS) is 15.8. The molecule has 0 spiro atoms. The van der Waals surface area contributed by atoms with Crippen LogP contribution in [0.25, 0.3) is 0 Å². The Kier molecular flexibility index (Phi) is 8.96. The first-order valence-corrected chi connectivity index (χ1v) is 15.1. The van der Waals surface area contributed by atoms with E-state index in [1.165, 1.54) is 34.0 Å². The number of fused-ring (bicyclic) bond motifs is 1. The van der Waals surface area contributed by atoms with Gasteiger partial charge in [-0.05, 0) is 61.3 Å². The molecule has 1 aromatic carbocycles. The number of thiophene rings is 1. The van der Waals surface area contributed by atoms with Gasteiger partial charge in [-0.3, -0.25) is 9.59 Å². The molecular formula is C27H30Cl2N6O2S2. The fourth-order valence-corrected chi connectivity index (χ4v) is 6.95. The SMILES string of the molecule is C[C@H](NC(=O)c1ccc(Cl)c(Cl)c1)c1nnc(SCC(=O)Nc2sc3c(c2C#N)CC[C@H](C(C)(C)C)C3)n1C. The van der Waals surface area contributed by atoms with Crippen molar-refractivity contribution in [3.05, 3.63) is 55.6 Å².